The lowest BCUT2D eigenvalue weighted by Gasteiger charge is -2.28. The summed E-state index contributed by atoms with van der Waals surface area (Å²) in [6.45, 7) is 4.07. The van der Waals surface area contributed by atoms with Crippen LogP contribution in [0.5, 0.6) is 0 Å². The Labute approximate surface area is 190 Å². The highest BCUT2D eigenvalue weighted by molar-refractivity contribution is 5.82. The highest BCUT2D eigenvalue weighted by atomic mass is 19.3. The first-order valence-electron chi connectivity index (χ1n) is 11.4. The molecular weight excluding hydrogens is 428 g/mol. The minimum Gasteiger partial charge on any atom is -0.379 e. The van der Waals surface area contributed by atoms with Crippen LogP contribution in [0.1, 0.15) is 38.4 Å². The maximum Gasteiger partial charge on any atom is 0.256 e. The van der Waals surface area contributed by atoms with Crippen molar-refractivity contribution < 1.29 is 13.5 Å². The van der Waals surface area contributed by atoms with Gasteiger partial charge >= 0.3 is 0 Å². The van der Waals surface area contributed by atoms with Crippen LogP contribution in [0.15, 0.2) is 30.6 Å². The minimum atomic E-state index is -2.48. The van der Waals surface area contributed by atoms with Gasteiger partial charge in [0.25, 0.3) is 6.43 Å². The molecule has 0 unspecified atom stereocenters. The number of nitrogens with zero attached hydrogens (tertiary/aromatic N) is 6. The van der Waals surface area contributed by atoms with Crippen molar-refractivity contribution in [2.24, 2.45) is 0 Å². The van der Waals surface area contributed by atoms with Gasteiger partial charge in [-0.2, -0.15) is 0 Å². The van der Waals surface area contributed by atoms with Crippen LogP contribution < -0.4 is 5.32 Å². The molecule has 10 heteroatoms. The topological polar surface area (TPSA) is 82.2 Å². The molecule has 174 valence electrons. The van der Waals surface area contributed by atoms with Gasteiger partial charge in [0.05, 0.1) is 30.1 Å². The van der Waals surface area contributed by atoms with Crippen molar-refractivity contribution in [2.75, 3.05) is 11.9 Å². The summed E-state index contributed by atoms with van der Waals surface area (Å²) in [6.07, 6.45) is 5.64. The van der Waals surface area contributed by atoms with E-state index < -0.39 is 13.0 Å². The number of anilines is 1. The number of hydrogen-bond donors (Lipinski definition) is 1. The van der Waals surface area contributed by atoms with E-state index in [9.17, 15) is 8.78 Å². The molecule has 0 bridgehead atoms. The quantitative estimate of drug-likeness (QED) is 0.443. The fraction of sp³-hybridized carbons (Fsp3) is 0.478. The normalized spacial score (nSPS) is 19.1. The molecule has 0 radical (unpaired) electrons. The predicted octanol–water partition coefficient (Wildman–Crippen LogP) is 4.47. The Balaban J connectivity index is 1.38. The van der Waals surface area contributed by atoms with Gasteiger partial charge in [-0.05, 0) is 57.7 Å². The predicted molar refractivity (Wildman–Crippen MR) is 122 cm³/mol. The zero-order valence-electron chi connectivity index (χ0n) is 18.7. The van der Waals surface area contributed by atoms with Crippen molar-refractivity contribution in [3.63, 3.8) is 0 Å². The molecule has 4 aromatic rings. The third-order valence-corrected chi connectivity index (χ3v) is 6.21. The van der Waals surface area contributed by atoms with Crippen LogP contribution in [0.2, 0.25) is 0 Å². The standard InChI is InChI=1S/C23H27F2N7O/c1-3-33-16-6-4-15(5-7-16)28-23-26-12-20-17(10-11-32(20)30-23)18-8-9-19-22(29-18)31(13-21(24)25)14(2)27-19/h8-12,15-16,21H,3-7,13H2,1-2H3,(H,28,30)/t15-,16+. The molecule has 0 aromatic carbocycles. The SMILES string of the molecule is CCO[C@H]1CC[C@@H](Nc2ncc3c(-c4ccc5nc(C)n(CC(F)F)c5n4)ccn3n2)CC1. The molecule has 1 aliphatic carbocycles. The van der Waals surface area contributed by atoms with Crippen LogP contribution in [0, 0.1) is 6.92 Å². The zero-order valence-corrected chi connectivity index (χ0v) is 18.7. The van der Waals surface area contributed by atoms with Gasteiger partial charge in [-0.15, -0.1) is 5.10 Å². The van der Waals surface area contributed by atoms with Crippen molar-refractivity contribution >= 4 is 22.6 Å². The molecule has 0 saturated heterocycles. The number of alkyl halides is 2. The van der Waals surface area contributed by atoms with E-state index in [2.05, 4.69) is 25.4 Å². The van der Waals surface area contributed by atoms with E-state index in [1.807, 2.05) is 31.3 Å². The Morgan fingerprint density at radius 1 is 1.15 bits per heavy atom. The number of pyridine rings is 1. The highest BCUT2D eigenvalue weighted by Gasteiger charge is 2.22. The molecule has 0 atom stereocenters. The first-order valence-corrected chi connectivity index (χ1v) is 11.4. The molecule has 1 saturated carbocycles. The molecule has 1 N–H and O–H groups in total. The fourth-order valence-corrected chi connectivity index (χ4v) is 4.60. The van der Waals surface area contributed by atoms with Gasteiger partial charge in [-0.25, -0.2) is 28.2 Å². The second-order valence-electron chi connectivity index (χ2n) is 8.41. The lowest BCUT2D eigenvalue weighted by atomic mass is 9.93. The maximum atomic E-state index is 13.0. The smallest absolute Gasteiger partial charge is 0.256 e. The summed E-state index contributed by atoms with van der Waals surface area (Å²) in [7, 11) is 0. The second kappa shape index (κ2) is 9.01. The summed E-state index contributed by atoms with van der Waals surface area (Å²) in [5.74, 6) is 1.10. The van der Waals surface area contributed by atoms with Gasteiger partial charge in [-0.3, -0.25) is 0 Å². The van der Waals surface area contributed by atoms with Crippen LogP contribution in [0.25, 0.3) is 27.9 Å². The molecule has 4 heterocycles. The lowest BCUT2D eigenvalue weighted by Crippen LogP contribution is -2.30. The zero-order chi connectivity index (χ0) is 22.9. The number of hydrogen-bond acceptors (Lipinski definition) is 6. The molecular formula is C23H27F2N7O. The average Bonchev–Trinajstić information content (AvgIpc) is 3.35. The Hall–Kier alpha value is -3.14. The van der Waals surface area contributed by atoms with Crippen LogP contribution in [0.3, 0.4) is 0 Å². The van der Waals surface area contributed by atoms with Crippen LogP contribution in [-0.4, -0.2) is 54.3 Å². The number of imidazole rings is 1. The van der Waals surface area contributed by atoms with Gasteiger partial charge < -0.3 is 14.6 Å². The van der Waals surface area contributed by atoms with E-state index >= 15 is 0 Å². The van der Waals surface area contributed by atoms with Crippen LogP contribution in [-0.2, 0) is 11.3 Å². The largest absolute Gasteiger partial charge is 0.379 e. The highest BCUT2D eigenvalue weighted by Crippen LogP contribution is 2.27. The summed E-state index contributed by atoms with van der Waals surface area (Å²) in [5, 5.41) is 8.05. The van der Waals surface area contributed by atoms with E-state index in [1.54, 1.807) is 17.6 Å². The molecule has 0 spiro atoms. The van der Waals surface area contributed by atoms with E-state index in [0.29, 0.717) is 40.8 Å². The molecule has 33 heavy (non-hydrogen) atoms. The van der Waals surface area contributed by atoms with Crippen molar-refractivity contribution in [3.8, 4) is 11.3 Å². The number of rotatable bonds is 7. The minimum absolute atomic E-state index is 0.330. The van der Waals surface area contributed by atoms with Gasteiger partial charge in [-0.1, -0.05) is 0 Å². The Morgan fingerprint density at radius 2 is 1.97 bits per heavy atom. The van der Waals surface area contributed by atoms with Gasteiger partial charge in [0.2, 0.25) is 5.95 Å². The Kier molecular flexibility index (Phi) is 5.92. The first kappa shape index (κ1) is 21.7. The van der Waals surface area contributed by atoms with Crippen LogP contribution in [0.4, 0.5) is 14.7 Å². The number of aromatic nitrogens is 6. The molecule has 0 aliphatic heterocycles. The maximum absolute atomic E-state index is 13.0. The Bertz CT molecular complexity index is 1260. The van der Waals surface area contributed by atoms with E-state index in [1.165, 1.54) is 4.57 Å². The summed E-state index contributed by atoms with van der Waals surface area (Å²) in [5.41, 5.74) is 3.35. The summed E-state index contributed by atoms with van der Waals surface area (Å²) < 4.78 is 35.0. The number of halogens is 2. The second-order valence-corrected chi connectivity index (χ2v) is 8.41. The Morgan fingerprint density at radius 3 is 2.73 bits per heavy atom. The van der Waals surface area contributed by atoms with Gasteiger partial charge in [0.15, 0.2) is 5.65 Å². The lowest BCUT2D eigenvalue weighted by molar-refractivity contribution is 0.0346. The van der Waals surface area contributed by atoms with E-state index in [4.69, 9.17) is 4.74 Å². The number of nitrogens with one attached hydrogen (secondary N) is 1. The van der Waals surface area contributed by atoms with Crippen molar-refractivity contribution in [1.82, 2.24) is 29.1 Å². The van der Waals surface area contributed by atoms with Crippen LogP contribution >= 0.6 is 0 Å². The average molecular weight is 456 g/mol. The van der Waals surface area contributed by atoms with E-state index in [0.717, 1.165) is 43.4 Å². The summed E-state index contributed by atoms with van der Waals surface area (Å²) in [6, 6.07) is 5.90. The molecule has 8 nitrogen and oxygen atoms in total. The third kappa shape index (κ3) is 4.39. The number of fused-ring (bicyclic) bond motifs is 2. The number of aryl methyl sites for hydroxylation is 1. The molecule has 5 rings (SSSR count). The van der Waals surface area contributed by atoms with E-state index in [-0.39, 0.29) is 0 Å². The van der Waals surface area contributed by atoms with Crippen molar-refractivity contribution in [2.45, 2.75) is 64.6 Å². The van der Waals surface area contributed by atoms with Gasteiger partial charge in [0, 0.05) is 24.4 Å². The molecule has 1 aliphatic rings. The fourth-order valence-electron chi connectivity index (χ4n) is 4.60. The van der Waals surface area contributed by atoms with Crippen molar-refractivity contribution in [1.29, 1.82) is 0 Å². The van der Waals surface area contributed by atoms with Crippen molar-refractivity contribution in [3.05, 3.63) is 36.4 Å². The van der Waals surface area contributed by atoms with Gasteiger partial charge in [0.1, 0.15) is 11.3 Å². The molecule has 1 fully saturated rings. The summed E-state index contributed by atoms with van der Waals surface area (Å²) >= 11 is 0. The molecule has 4 aromatic heterocycles. The monoisotopic (exact) mass is 455 g/mol. The summed E-state index contributed by atoms with van der Waals surface area (Å²) in [4.78, 5) is 13.5. The molecule has 0 amide bonds. The first-order chi connectivity index (χ1) is 16.0. The number of ether oxygens (including phenoxy) is 1. The third-order valence-electron chi connectivity index (χ3n) is 6.21.